The minimum absolute atomic E-state index is 0.0144. The largest absolute Gasteiger partial charge is 0.392 e. The molecule has 0 aromatic heterocycles. The number of hydrogen-bond acceptors (Lipinski definition) is 3. The van der Waals surface area contributed by atoms with E-state index in [1.165, 1.54) is 4.31 Å². The Morgan fingerprint density at radius 3 is 2.65 bits per heavy atom. The zero-order valence-electron chi connectivity index (χ0n) is 9.62. The summed E-state index contributed by atoms with van der Waals surface area (Å²) in [7, 11) is -3.30. The van der Waals surface area contributed by atoms with E-state index in [1.807, 2.05) is 18.2 Å². The lowest BCUT2D eigenvalue weighted by atomic mass is 10.1. The first-order valence-electron chi connectivity index (χ1n) is 5.78. The van der Waals surface area contributed by atoms with E-state index in [0.717, 1.165) is 12.0 Å². The number of benzene rings is 1. The number of sulfonamides is 1. The Hall–Kier alpha value is -0.910. The molecule has 5 heteroatoms. The van der Waals surface area contributed by atoms with E-state index in [0.29, 0.717) is 13.0 Å². The van der Waals surface area contributed by atoms with Crippen molar-refractivity contribution in [2.24, 2.45) is 0 Å². The van der Waals surface area contributed by atoms with Gasteiger partial charge in [-0.1, -0.05) is 30.3 Å². The van der Waals surface area contributed by atoms with Gasteiger partial charge in [-0.25, -0.2) is 8.42 Å². The molecule has 0 saturated carbocycles. The van der Waals surface area contributed by atoms with Crippen LogP contribution in [0.3, 0.4) is 0 Å². The Morgan fingerprint density at radius 1 is 1.29 bits per heavy atom. The molecule has 0 radical (unpaired) electrons. The summed E-state index contributed by atoms with van der Waals surface area (Å²) in [6.45, 7) is 0.751. The van der Waals surface area contributed by atoms with Gasteiger partial charge in [-0.3, -0.25) is 0 Å². The minimum Gasteiger partial charge on any atom is -0.392 e. The molecule has 17 heavy (non-hydrogen) atoms. The van der Waals surface area contributed by atoms with E-state index in [-0.39, 0.29) is 12.3 Å². The molecule has 1 atom stereocenters. The molecule has 4 nitrogen and oxygen atoms in total. The van der Waals surface area contributed by atoms with Crippen LogP contribution in [0, 0.1) is 0 Å². The maximum absolute atomic E-state index is 12.1. The molecule has 1 N–H and O–H groups in total. The van der Waals surface area contributed by atoms with Gasteiger partial charge in [-0.05, 0) is 18.4 Å². The molecular weight excluding hydrogens is 238 g/mol. The summed E-state index contributed by atoms with van der Waals surface area (Å²) in [4.78, 5) is 0. The van der Waals surface area contributed by atoms with Crippen LogP contribution in [0.4, 0.5) is 0 Å². The summed E-state index contributed by atoms with van der Waals surface area (Å²) in [5, 5.41) is 9.50. The van der Waals surface area contributed by atoms with Crippen molar-refractivity contribution in [2.45, 2.75) is 24.7 Å². The summed E-state index contributed by atoms with van der Waals surface area (Å²) in [6.07, 6.45) is 0.904. The number of β-amino-alcohol motifs (C(OH)–C–C–N with tert-alkyl or cyclic N) is 1. The number of nitrogens with zero attached hydrogens (tertiary/aromatic N) is 1. The van der Waals surface area contributed by atoms with Gasteiger partial charge < -0.3 is 5.11 Å². The number of aliphatic hydroxyl groups is 1. The van der Waals surface area contributed by atoms with E-state index in [9.17, 15) is 13.5 Å². The fraction of sp³-hybridized carbons (Fsp3) is 0.500. The van der Waals surface area contributed by atoms with Gasteiger partial charge in [-0.15, -0.1) is 0 Å². The van der Waals surface area contributed by atoms with Crippen LogP contribution in [0.25, 0.3) is 0 Å². The standard InChI is InChI=1S/C12H17NO3S/c14-12-7-4-8-13(9-12)17(15,16)10-11-5-2-1-3-6-11/h1-3,5-6,12,14H,4,7-10H2. The van der Waals surface area contributed by atoms with Gasteiger partial charge in [0.25, 0.3) is 0 Å². The van der Waals surface area contributed by atoms with Crippen LogP contribution in [0.1, 0.15) is 18.4 Å². The number of rotatable bonds is 3. The first-order valence-corrected chi connectivity index (χ1v) is 7.39. The Bertz CT molecular complexity index is 458. The molecule has 1 unspecified atom stereocenters. The Balaban J connectivity index is 2.08. The first-order chi connectivity index (χ1) is 8.08. The van der Waals surface area contributed by atoms with Crippen molar-refractivity contribution in [3.8, 4) is 0 Å². The zero-order valence-corrected chi connectivity index (χ0v) is 10.4. The molecule has 1 aliphatic heterocycles. The topological polar surface area (TPSA) is 57.6 Å². The van der Waals surface area contributed by atoms with Crippen LogP contribution in [0.5, 0.6) is 0 Å². The maximum Gasteiger partial charge on any atom is 0.218 e. The molecular formula is C12H17NO3S. The molecule has 1 aromatic rings. The Kier molecular flexibility index (Phi) is 3.81. The quantitative estimate of drug-likeness (QED) is 0.875. The molecule has 0 amide bonds. The smallest absolute Gasteiger partial charge is 0.218 e. The van der Waals surface area contributed by atoms with E-state index < -0.39 is 16.1 Å². The van der Waals surface area contributed by atoms with Crippen LogP contribution in [0.2, 0.25) is 0 Å². The van der Waals surface area contributed by atoms with E-state index >= 15 is 0 Å². The lowest BCUT2D eigenvalue weighted by Gasteiger charge is -2.29. The summed E-state index contributed by atoms with van der Waals surface area (Å²) in [5.74, 6) is 0.0144. The monoisotopic (exact) mass is 255 g/mol. The van der Waals surface area contributed by atoms with E-state index in [2.05, 4.69) is 0 Å². The van der Waals surface area contributed by atoms with Gasteiger partial charge in [0.15, 0.2) is 0 Å². The highest BCUT2D eigenvalue weighted by molar-refractivity contribution is 7.88. The first kappa shape index (κ1) is 12.5. The number of aliphatic hydroxyl groups excluding tert-OH is 1. The summed E-state index contributed by atoms with van der Waals surface area (Å²) in [6, 6.07) is 9.13. The molecule has 0 spiro atoms. The highest BCUT2D eigenvalue weighted by atomic mass is 32.2. The highest BCUT2D eigenvalue weighted by Crippen LogP contribution is 2.17. The van der Waals surface area contributed by atoms with Gasteiger partial charge in [-0.2, -0.15) is 4.31 Å². The second kappa shape index (κ2) is 5.16. The SMILES string of the molecule is O=S(=O)(Cc1ccccc1)N1CCCC(O)C1. The fourth-order valence-corrected chi connectivity index (χ4v) is 3.65. The average molecular weight is 255 g/mol. The van der Waals surface area contributed by atoms with Crippen LogP contribution < -0.4 is 0 Å². The lowest BCUT2D eigenvalue weighted by Crippen LogP contribution is -2.42. The maximum atomic E-state index is 12.1. The Morgan fingerprint density at radius 2 is 2.00 bits per heavy atom. The van der Waals surface area contributed by atoms with E-state index in [4.69, 9.17) is 0 Å². The number of hydrogen-bond donors (Lipinski definition) is 1. The molecule has 1 fully saturated rings. The summed E-state index contributed by atoms with van der Waals surface area (Å²) >= 11 is 0. The summed E-state index contributed by atoms with van der Waals surface area (Å²) in [5.41, 5.74) is 0.785. The second-order valence-electron chi connectivity index (χ2n) is 4.40. The normalized spacial score (nSPS) is 22.5. The van der Waals surface area contributed by atoms with Crippen molar-refractivity contribution in [3.63, 3.8) is 0 Å². The molecule has 94 valence electrons. The molecule has 0 aliphatic carbocycles. The predicted molar refractivity (Wildman–Crippen MR) is 65.9 cm³/mol. The van der Waals surface area contributed by atoms with Crippen molar-refractivity contribution in [1.29, 1.82) is 0 Å². The van der Waals surface area contributed by atoms with Crippen molar-refractivity contribution in [1.82, 2.24) is 4.31 Å². The van der Waals surface area contributed by atoms with Gasteiger partial charge in [0.05, 0.1) is 11.9 Å². The van der Waals surface area contributed by atoms with Crippen LogP contribution in [-0.2, 0) is 15.8 Å². The molecule has 1 heterocycles. The highest BCUT2D eigenvalue weighted by Gasteiger charge is 2.27. The van der Waals surface area contributed by atoms with Crippen molar-refractivity contribution < 1.29 is 13.5 Å². The van der Waals surface area contributed by atoms with Crippen LogP contribution in [-0.4, -0.2) is 37.0 Å². The predicted octanol–water partition coefficient (Wildman–Crippen LogP) is 0.973. The van der Waals surface area contributed by atoms with E-state index in [1.54, 1.807) is 12.1 Å². The van der Waals surface area contributed by atoms with Crippen molar-refractivity contribution in [3.05, 3.63) is 35.9 Å². The third kappa shape index (κ3) is 3.28. The average Bonchev–Trinajstić information content (AvgIpc) is 2.30. The Labute approximate surface area is 102 Å². The van der Waals surface area contributed by atoms with Gasteiger partial charge in [0.1, 0.15) is 0 Å². The lowest BCUT2D eigenvalue weighted by molar-refractivity contribution is 0.108. The second-order valence-corrected chi connectivity index (χ2v) is 6.36. The molecule has 1 aromatic carbocycles. The third-order valence-electron chi connectivity index (χ3n) is 2.94. The van der Waals surface area contributed by atoms with Crippen molar-refractivity contribution >= 4 is 10.0 Å². The molecule has 1 aliphatic rings. The fourth-order valence-electron chi connectivity index (χ4n) is 2.05. The zero-order chi connectivity index (χ0) is 12.3. The van der Waals surface area contributed by atoms with Gasteiger partial charge >= 0.3 is 0 Å². The number of piperidine rings is 1. The van der Waals surface area contributed by atoms with Gasteiger partial charge in [0.2, 0.25) is 10.0 Å². The minimum atomic E-state index is -3.30. The third-order valence-corrected chi connectivity index (χ3v) is 4.76. The molecule has 1 saturated heterocycles. The summed E-state index contributed by atoms with van der Waals surface area (Å²) < 4.78 is 25.6. The molecule has 2 rings (SSSR count). The van der Waals surface area contributed by atoms with Crippen LogP contribution in [0.15, 0.2) is 30.3 Å². The van der Waals surface area contributed by atoms with Crippen molar-refractivity contribution in [2.75, 3.05) is 13.1 Å². The van der Waals surface area contributed by atoms with Gasteiger partial charge in [0, 0.05) is 13.1 Å². The molecule has 0 bridgehead atoms. The van der Waals surface area contributed by atoms with Crippen LogP contribution >= 0.6 is 0 Å².